The van der Waals surface area contributed by atoms with E-state index >= 15 is 0 Å². The molecule has 1 rings (SSSR count). The van der Waals surface area contributed by atoms with Gasteiger partial charge in [-0.05, 0) is 38.6 Å². The molecule has 0 N–H and O–H groups in total. The van der Waals surface area contributed by atoms with Gasteiger partial charge in [0, 0.05) is 0 Å². The smallest absolute Gasteiger partial charge is 0.175 e. The maximum Gasteiger partial charge on any atom is 0.175 e. The molecule has 0 unspecified atom stereocenters. The van der Waals surface area contributed by atoms with Crippen LogP contribution in [0.15, 0.2) is 36.4 Å². The van der Waals surface area contributed by atoms with Gasteiger partial charge in [-0.1, -0.05) is 50.3 Å². The molecular formula is C16H24BrNO. The lowest BCUT2D eigenvalue weighted by Gasteiger charge is -2.34. The van der Waals surface area contributed by atoms with Gasteiger partial charge < -0.3 is 0 Å². The highest BCUT2D eigenvalue weighted by molar-refractivity contribution is 8.93. The zero-order chi connectivity index (χ0) is 13.6. The predicted octanol–water partition coefficient (Wildman–Crippen LogP) is 3.97. The maximum atomic E-state index is 12.3. The van der Waals surface area contributed by atoms with Crippen molar-refractivity contribution in [1.82, 2.24) is 4.90 Å². The molecule has 106 valence electrons. The van der Waals surface area contributed by atoms with Gasteiger partial charge in [0.25, 0.3) is 0 Å². The highest BCUT2D eigenvalue weighted by Crippen LogP contribution is 2.16. The minimum absolute atomic E-state index is 0. The van der Waals surface area contributed by atoms with Crippen LogP contribution in [0.4, 0.5) is 0 Å². The van der Waals surface area contributed by atoms with E-state index in [9.17, 15) is 4.79 Å². The van der Waals surface area contributed by atoms with E-state index in [-0.39, 0.29) is 22.8 Å². The first-order valence-electron chi connectivity index (χ1n) is 6.55. The monoisotopic (exact) mass is 325 g/mol. The number of hydrogen-bond acceptors (Lipinski definition) is 2. The van der Waals surface area contributed by atoms with Crippen molar-refractivity contribution < 1.29 is 4.79 Å². The summed E-state index contributed by atoms with van der Waals surface area (Å²) in [7, 11) is 0. The Morgan fingerprint density at radius 3 is 2.16 bits per heavy atom. The van der Waals surface area contributed by atoms with Crippen LogP contribution >= 0.6 is 17.0 Å². The first-order valence-corrected chi connectivity index (χ1v) is 6.55. The largest absolute Gasteiger partial charge is 0.293 e. The van der Waals surface area contributed by atoms with Crippen molar-refractivity contribution in [2.45, 2.75) is 33.2 Å². The third-order valence-corrected chi connectivity index (χ3v) is 3.38. The van der Waals surface area contributed by atoms with Crippen LogP contribution in [0.2, 0.25) is 0 Å². The van der Waals surface area contributed by atoms with Gasteiger partial charge in [-0.2, -0.15) is 0 Å². The van der Waals surface area contributed by atoms with Crippen molar-refractivity contribution >= 4 is 28.8 Å². The van der Waals surface area contributed by atoms with E-state index in [1.165, 1.54) is 0 Å². The van der Waals surface area contributed by atoms with E-state index in [4.69, 9.17) is 0 Å². The molecule has 0 fully saturated rings. The summed E-state index contributed by atoms with van der Waals surface area (Å²) in [5, 5.41) is 0. The third-order valence-electron chi connectivity index (χ3n) is 3.38. The predicted molar refractivity (Wildman–Crippen MR) is 87.8 cm³/mol. The van der Waals surface area contributed by atoms with E-state index in [1.807, 2.05) is 50.3 Å². The van der Waals surface area contributed by atoms with Crippen molar-refractivity contribution in [2.75, 3.05) is 13.1 Å². The number of benzene rings is 1. The molecule has 0 amide bonds. The summed E-state index contributed by atoms with van der Waals surface area (Å²) >= 11 is 0. The molecular weight excluding hydrogens is 302 g/mol. The summed E-state index contributed by atoms with van der Waals surface area (Å²) in [5.74, 6) is 0.148. The number of rotatable bonds is 6. The normalized spacial score (nSPS) is 11.6. The van der Waals surface area contributed by atoms with Crippen LogP contribution < -0.4 is 0 Å². The maximum absolute atomic E-state index is 12.3. The zero-order valence-electron chi connectivity index (χ0n) is 12.2. The van der Waals surface area contributed by atoms with Gasteiger partial charge >= 0.3 is 0 Å². The zero-order valence-corrected chi connectivity index (χ0v) is 13.9. The molecule has 0 aromatic heterocycles. The molecule has 0 saturated carbocycles. The molecule has 0 heterocycles. The number of nitrogens with zero attached hydrogens (tertiary/aromatic N) is 1. The van der Waals surface area contributed by atoms with Crippen molar-refractivity contribution in [1.29, 1.82) is 0 Å². The third kappa shape index (κ3) is 4.92. The quantitative estimate of drug-likeness (QED) is 0.737. The van der Waals surface area contributed by atoms with Crippen LogP contribution in [0.5, 0.6) is 0 Å². The lowest BCUT2D eigenvalue weighted by molar-refractivity contribution is -0.124. The highest BCUT2D eigenvalue weighted by Gasteiger charge is 2.30. The van der Waals surface area contributed by atoms with Crippen molar-refractivity contribution in [3.05, 3.63) is 42.0 Å². The number of hydrogen-bond donors (Lipinski definition) is 0. The minimum Gasteiger partial charge on any atom is -0.293 e. The molecule has 0 spiro atoms. The Morgan fingerprint density at radius 1 is 1.16 bits per heavy atom. The molecule has 0 atom stereocenters. The molecule has 0 aliphatic heterocycles. The Balaban J connectivity index is 0.00000324. The van der Waals surface area contributed by atoms with Crippen LogP contribution in [0.25, 0.3) is 6.08 Å². The molecule has 3 heteroatoms. The fourth-order valence-corrected chi connectivity index (χ4v) is 2.11. The molecule has 19 heavy (non-hydrogen) atoms. The molecule has 1 aromatic rings. The Labute approximate surface area is 127 Å². The summed E-state index contributed by atoms with van der Waals surface area (Å²) in [6, 6.07) is 9.90. The van der Waals surface area contributed by atoms with E-state index in [2.05, 4.69) is 18.7 Å². The van der Waals surface area contributed by atoms with Gasteiger partial charge in [0.1, 0.15) is 0 Å². The second-order valence-electron chi connectivity index (χ2n) is 4.84. The molecule has 0 bridgehead atoms. The molecule has 2 nitrogen and oxygen atoms in total. The topological polar surface area (TPSA) is 20.3 Å². The Morgan fingerprint density at radius 2 is 1.68 bits per heavy atom. The summed E-state index contributed by atoms with van der Waals surface area (Å²) < 4.78 is 0. The van der Waals surface area contributed by atoms with Crippen LogP contribution in [-0.4, -0.2) is 29.3 Å². The fourth-order valence-electron chi connectivity index (χ4n) is 2.11. The molecule has 1 aromatic carbocycles. The first kappa shape index (κ1) is 18.1. The van der Waals surface area contributed by atoms with Crippen LogP contribution in [-0.2, 0) is 4.79 Å². The number of carbonyl (C=O) groups is 1. The van der Waals surface area contributed by atoms with Crippen LogP contribution in [0.3, 0.4) is 0 Å². The second-order valence-corrected chi connectivity index (χ2v) is 4.84. The van der Waals surface area contributed by atoms with Gasteiger partial charge in [-0.15, -0.1) is 17.0 Å². The average Bonchev–Trinajstić information content (AvgIpc) is 2.38. The molecule has 0 radical (unpaired) electrons. The van der Waals surface area contributed by atoms with Crippen molar-refractivity contribution in [2.24, 2.45) is 0 Å². The number of carbonyl (C=O) groups excluding carboxylic acids is 1. The Hall–Kier alpha value is -0.930. The molecule has 0 saturated heterocycles. The van der Waals surface area contributed by atoms with E-state index < -0.39 is 5.54 Å². The van der Waals surface area contributed by atoms with Gasteiger partial charge in [0.05, 0.1) is 5.54 Å². The van der Waals surface area contributed by atoms with Crippen LogP contribution in [0.1, 0.15) is 33.3 Å². The summed E-state index contributed by atoms with van der Waals surface area (Å²) in [4.78, 5) is 14.4. The van der Waals surface area contributed by atoms with E-state index in [0.29, 0.717) is 0 Å². The van der Waals surface area contributed by atoms with Gasteiger partial charge in [0.2, 0.25) is 0 Å². The fraction of sp³-hybridized carbons (Fsp3) is 0.438. The van der Waals surface area contributed by atoms with E-state index in [0.717, 1.165) is 18.7 Å². The van der Waals surface area contributed by atoms with Gasteiger partial charge in [-0.25, -0.2) is 0 Å². The lowest BCUT2D eigenvalue weighted by atomic mass is 9.95. The molecule has 0 aliphatic rings. The standard InChI is InChI=1S/C16H23NO.BrH/c1-5-17(6-2)16(3,4)15(18)13-12-14-10-8-7-9-11-14;/h7-13H,5-6H2,1-4H3;1H/b13-12+;. The van der Waals surface area contributed by atoms with E-state index in [1.54, 1.807) is 6.08 Å². The van der Waals surface area contributed by atoms with Crippen LogP contribution in [0, 0.1) is 0 Å². The summed E-state index contributed by atoms with van der Waals surface area (Å²) in [5.41, 5.74) is 0.621. The molecule has 0 aliphatic carbocycles. The lowest BCUT2D eigenvalue weighted by Crippen LogP contribution is -2.49. The van der Waals surface area contributed by atoms with Gasteiger partial charge in [-0.3, -0.25) is 9.69 Å². The SMILES string of the molecule is Br.CCN(CC)C(C)(C)C(=O)/C=C/c1ccccc1. The number of likely N-dealkylation sites (N-methyl/N-ethyl adjacent to an activating group) is 1. The minimum atomic E-state index is -0.436. The first-order chi connectivity index (χ1) is 8.52. The Bertz CT molecular complexity index is 408. The number of ketones is 1. The number of halogens is 1. The van der Waals surface area contributed by atoms with Crippen molar-refractivity contribution in [3.8, 4) is 0 Å². The summed E-state index contributed by atoms with van der Waals surface area (Å²) in [6.45, 7) is 9.90. The van der Waals surface area contributed by atoms with Gasteiger partial charge in [0.15, 0.2) is 5.78 Å². The Kier molecular flexibility index (Phi) is 7.88. The average molecular weight is 326 g/mol. The van der Waals surface area contributed by atoms with Crippen molar-refractivity contribution in [3.63, 3.8) is 0 Å². The second kappa shape index (κ2) is 8.28. The summed E-state index contributed by atoms with van der Waals surface area (Å²) in [6.07, 6.45) is 3.57. The highest BCUT2D eigenvalue weighted by atomic mass is 79.9.